The minimum atomic E-state index is -4.44. The van der Waals surface area contributed by atoms with E-state index in [2.05, 4.69) is 0 Å². The van der Waals surface area contributed by atoms with E-state index in [1.54, 1.807) is 0 Å². The Hall–Kier alpha value is -3.53. The molecule has 0 N–H and O–H groups in total. The highest BCUT2D eigenvalue weighted by atomic mass is 35.5. The molecule has 41 heavy (non-hydrogen) atoms. The van der Waals surface area contributed by atoms with Crippen molar-refractivity contribution in [2.24, 2.45) is 0 Å². The van der Waals surface area contributed by atoms with Crippen molar-refractivity contribution in [3.05, 3.63) is 152 Å². The monoisotopic (exact) mass is 626 g/mol. The number of halogens is 8. The average Bonchev–Trinajstić information content (AvgIpc) is 2.94. The van der Waals surface area contributed by atoms with E-state index >= 15 is 0 Å². The van der Waals surface area contributed by atoms with E-state index in [4.69, 9.17) is 23.2 Å². The lowest BCUT2D eigenvalue weighted by molar-refractivity contribution is 0.446. The molecule has 2 nitrogen and oxygen atoms in total. The lowest BCUT2D eigenvalue weighted by atomic mass is 10.1. The van der Waals surface area contributed by atoms with Gasteiger partial charge >= 0.3 is 0 Å². The maximum atomic E-state index is 14.4. The van der Waals surface area contributed by atoms with Crippen molar-refractivity contribution in [3.63, 3.8) is 0 Å². The summed E-state index contributed by atoms with van der Waals surface area (Å²) < 4.78 is 112. The molecule has 0 aliphatic carbocycles. The molecule has 0 aliphatic heterocycles. The first-order valence-corrected chi connectivity index (χ1v) is 14.1. The van der Waals surface area contributed by atoms with Gasteiger partial charge in [-0.15, -0.1) is 0 Å². The van der Waals surface area contributed by atoms with Gasteiger partial charge in [0.2, 0.25) is 0 Å². The second-order valence-corrected chi connectivity index (χ2v) is 11.8. The molecule has 0 fully saturated rings. The Labute approximate surface area is 242 Å². The first kappa shape index (κ1) is 30.4. The minimum Gasteiger partial charge on any atom is -0.227 e. The Kier molecular flexibility index (Phi) is 9.31. The molecule has 4 aromatic rings. The van der Waals surface area contributed by atoms with Crippen molar-refractivity contribution in [2.75, 3.05) is 0 Å². The van der Waals surface area contributed by atoms with Crippen LogP contribution in [0.25, 0.3) is 12.2 Å². The summed E-state index contributed by atoms with van der Waals surface area (Å²) in [6, 6.07) is 14.6. The summed E-state index contributed by atoms with van der Waals surface area (Å²) in [5, 5.41) is -2.45. The van der Waals surface area contributed by atoms with Crippen LogP contribution < -0.4 is 0 Å². The van der Waals surface area contributed by atoms with Crippen LogP contribution in [-0.2, 0) is 9.84 Å². The summed E-state index contributed by atoms with van der Waals surface area (Å²) in [6.45, 7) is 0. The Morgan fingerprint density at radius 2 is 0.854 bits per heavy atom. The van der Waals surface area contributed by atoms with Crippen LogP contribution in [0.5, 0.6) is 0 Å². The number of hydrogen-bond acceptors (Lipinski definition) is 2. The van der Waals surface area contributed by atoms with E-state index < -0.39 is 66.4 Å². The van der Waals surface area contributed by atoms with Gasteiger partial charge in [0.25, 0.3) is 0 Å². The van der Waals surface area contributed by atoms with Crippen LogP contribution in [-0.4, -0.2) is 8.42 Å². The third-order valence-electron chi connectivity index (χ3n) is 6.14. The maximum Gasteiger partial charge on any atom is 0.195 e. The molecule has 0 heterocycles. The van der Waals surface area contributed by atoms with Crippen molar-refractivity contribution in [1.29, 1.82) is 0 Å². The summed E-state index contributed by atoms with van der Waals surface area (Å²) in [6.07, 6.45) is 4.16. The van der Waals surface area contributed by atoms with Crippen LogP contribution in [0.4, 0.5) is 26.3 Å². The van der Waals surface area contributed by atoms with Crippen LogP contribution in [0.1, 0.15) is 32.8 Å². The number of hydrogen-bond donors (Lipinski definition) is 0. The Bertz CT molecular complexity index is 1620. The highest BCUT2D eigenvalue weighted by Gasteiger charge is 2.34. The van der Waals surface area contributed by atoms with Gasteiger partial charge in [-0.3, -0.25) is 0 Å². The van der Waals surface area contributed by atoms with Gasteiger partial charge in [0.1, 0.15) is 10.5 Å². The van der Waals surface area contributed by atoms with E-state index in [1.807, 2.05) is 0 Å². The maximum absolute atomic E-state index is 14.4. The SMILES string of the molecule is O=S(=O)(C(/C=C/c1ccc(F)c(F)c1F)c1ccc(Cl)cc1)C(/C=C/c1ccc(F)c(F)c1F)c1ccc(Cl)cc1. The van der Waals surface area contributed by atoms with Crippen LogP contribution in [0, 0.1) is 34.9 Å². The Balaban J connectivity index is 1.88. The van der Waals surface area contributed by atoms with Crippen molar-refractivity contribution in [1.82, 2.24) is 0 Å². The van der Waals surface area contributed by atoms with Crippen molar-refractivity contribution < 1.29 is 34.8 Å². The van der Waals surface area contributed by atoms with Gasteiger partial charge in [-0.1, -0.05) is 71.8 Å². The second-order valence-electron chi connectivity index (χ2n) is 8.78. The zero-order chi connectivity index (χ0) is 29.9. The smallest absolute Gasteiger partial charge is 0.195 e. The lowest BCUT2D eigenvalue weighted by Gasteiger charge is -2.22. The third-order valence-corrected chi connectivity index (χ3v) is 8.91. The zero-order valence-electron chi connectivity index (χ0n) is 20.6. The van der Waals surface area contributed by atoms with Crippen LogP contribution in [0.15, 0.2) is 84.9 Å². The van der Waals surface area contributed by atoms with Gasteiger partial charge in [0.05, 0.1) is 0 Å². The second kappa shape index (κ2) is 12.5. The highest BCUT2D eigenvalue weighted by Crippen LogP contribution is 2.38. The van der Waals surface area contributed by atoms with Gasteiger partial charge in [0.15, 0.2) is 44.7 Å². The predicted octanol–water partition coefficient (Wildman–Crippen LogP) is 9.45. The van der Waals surface area contributed by atoms with E-state index in [9.17, 15) is 34.8 Å². The third kappa shape index (κ3) is 6.69. The summed E-state index contributed by atoms with van der Waals surface area (Å²) >= 11 is 12.0. The molecule has 212 valence electrons. The van der Waals surface area contributed by atoms with E-state index in [-0.39, 0.29) is 11.1 Å². The molecule has 0 saturated carbocycles. The fourth-order valence-corrected chi connectivity index (χ4v) is 6.24. The Morgan fingerprint density at radius 3 is 1.20 bits per heavy atom. The number of sulfone groups is 1. The first-order valence-electron chi connectivity index (χ1n) is 11.8. The topological polar surface area (TPSA) is 34.1 Å². The Morgan fingerprint density at radius 1 is 0.512 bits per heavy atom. The largest absolute Gasteiger partial charge is 0.227 e. The van der Waals surface area contributed by atoms with Crippen LogP contribution in [0.3, 0.4) is 0 Å². The summed E-state index contributed by atoms with van der Waals surface area (Å²) in [4.78, 5) is 0. The normalized spacial score (nSPS) is 13.7. The first-order chi connectivity index (χ1) is 19.4. The molecule has 2 unspecified atom stereocenters. The van der Waals surface area contributed by atoms with Gasteiger partial charge in [-0.25, -0.2) is 34.8 Å². The molecule has 4 rings (SSSR count). The van der Waals surface area contributed by atoms with Crippen LogP contribution >= 0.6 is 23.2 Å². The summed E-state index contributed by atoms with van der Waals surface area (Å²) in [5.74, 6) is -9.33. The van der Waals surface area contributed by atoms with E-state index in [1.165, 1.54) is 48.5 Å². The molecule has 0 aromatic heterocycles. The lowest BCUT2D eigenvalue weighted by Crippen LogP contribution is -2.19. The molecule has 0 aliphatic rings. The molecule has 4 aromatic carbocycles. The zero-order valence-corrected chi connectivity index (χ0v) is 23.0. The summed E-state index contributed by atoms with van der Waals surface area (Å²) in [7, 11) is -4.44. The van der Waals surface area contributed by atoms with Gasteiger partial charge in [-0.05, 0) is 59.7 Å². The van der Waals surface area contributed by atoms with Crippen molar-refractivity contribution in [3.8, 4) is 0 Å². The molecular formula is C30H18Cl2F6O2S. The molecule has 2 atom stereocenters. The molecule has 0 amide bonds. The van der Waals surface area contributed by atoms with Gasteiger partial charge in [-0.2, -0.15) is 0 Å². The van der Waals surface area contributed by atoms with Crippen molar-refractivity contribution in [2.45, 2.75) is 10.5 Å². The van der Waals surface area contributed by atoms with E-state index in [0.717, 1.165) is 36.4 Å². The molecule has 0 bridgehead atoms. The molecule has 0 spiro atoms. The highest BCUT2D eigenvalue weighted by molar-refractivity contribution is 7.92. The van der Waals surface area contributed by atoms with Gasteiger partial charge < -0.3 is 0 Å². The van der Waals surface area contributed by atoms with Crippen molar-refractivity contribution >= 4 is 45.2 Å². The fourth-order valence-electron chi connectivity index (χ4n) is 4.00. The molecular weight excluding hydrogens is 609 g/mol. The minimum absolute atomic E-state index is 0.181. The van der Waals surface area contributed by atoms with Crippen LogP contribution in [0.2, 0.25) is 10.0 Å². The fraction of sp³-hybridized carbons (Fsp3) is 0.0667. The summed E-state index contributed by atoms with van der Waals surface area (Å²) in [5.41, 5.74) is -0.471. The number of benzene rings is 4. The molecule has 0 radical (unpaired) electrons. The number of rotatable bonds is 8. The molecule has 0 saturated heterocycles. The van der Waals surface area contributed by atoms with Gasteiger partial charge in [0, 0.05) is 21.2 Å². The standard InChI is InChI=1S/C30H18Cl2F6O2S/c31-21-9-1-17(2-10-21)25(15-7-19-5-13-23(33)29(37)27(19)35)41(39,40)26(18-3-11-22(32)12-4-18)16-8-20-6-14-24(34)30(38)28(20)36/h1-16,25-26H/b15-7+,16-8+. The quantitative estimate of drug-likeness (QED) is 0.144. The average molecular weight is 627 g/mol. The predicted molar refractivity (Wildman–Crippen MR) is 148 cm³/mol. The molecule has 11 heteroatoms. The van der Waals surface area contributed by atoms with E-state index in [0.29, 0.717) is 22.2 Å².